The molecule has 0 aliphatic carbocycles. The number of ether oxygens (including phenoxy) is 3. The molecular weight excluding hydrogens is 192 g/mol. The molecule has 0 unspecified atom stereocenters. The topological polar surface area (TPSA) is 27.7 Å². The maximum atomic E-state index is 5.88. The first kappa shape index (κ1) is 9.99. The summed E-state index contributed by atoms with van der Waals surface area (Å²) in [4.78, 5) is 0. The molecule has 1 aromatic rings. The van der Waals surface area contributed by atoms with E-state index in [2.05, 4.69) is 0 Å². The van der Waals surface area contributed by atoms with Gasteiger partial charge in [-0.1, -0.05) is 11.6 Å². The summed E-state index contributed by atoms with van der Waals surface area (Å²) in [5, 5.41) is 0.500. The van der Waals surface area contributed by atoms with E-state index in [1.165, 1.54) is 0 Å². The number of rotatable bonds is 3. The molecule has 0 bridgehead atoms. The first-order valence-corrected chi connectivity index (χ1v) is 4.06. The van der Waals surface area contributed by atoms with Gasteiger partial charge >= 0.3 is 0 Å². The number of benzene rings is 1. The summed E-state index contributed by atoms with van der Waals surface area (Å²) in [6.07, 6.45) is 0. The standard InChI is InChI=1S/C9H11ClO3/c1-11-7-5-9(13-3)8(12-2)4-6(7)10/h4-5H,1-3H3. The fourth-order valence-corrected chi connectivity index (χ4v) is 1.22. The fraction of sp³-hybridized carbons (Fsp3) is 0.333. The zero-order valence-corrected chi connectivity index (χ0v) is 8.51. The third kappa shape index (κ3) is 1.98. The van der Waals surface area contributed by atoms with Crippen LogP contribution in [-0.2, 0) is 0 Å². The van der Waals surface area contributed by atoms with Crippen molar-refractivity contribution in [3.8, 4) is 17.2 Å². The third-order valence-corrected chi connectivity index (χ3v) is 1.95. The average Bonchev–Trinajstić information content (AvgIpc) is 2.17. The van der Waals surface area contributed by atoms with Gasteiger partial charge in [0, 0.05) is 12.1 Å². The smallest absolute Gasteiger partial charge is 0.164 e. The van der Waals surface area contributed by atoms with E-state index in [0.717, 1.165) is 0 Å². The summed E-state index contributed by atoms with van der Waals surface area (Å²) in [6, 6.07) is 3.33. The van der Waals surface area contributed by atoms with Crippen LogP contribution in [0.15, 0.2) is 12.1 Å². The van der Waals surface area contributed by atoms with Gasteiger partial charge in [0.05, 0.1) is 26.4 Å². The van der Waals surface area contributed by atoms with E-state index >= 15 is 0 Å². The Hall–Kier alpha value is -1.09. The van der Waals surface area contributed by atoms with Crippen molar-refractivity contribution in [3.63, 3.8) is 0 Å². The van der Waals surface area contributed by atoms with E-state index in [9.17, 15) is 0 Å². The van der Waals surface area contributed by atoms with E-state index in [0.29, 0.717) is 22.3 Å². The normalized spacial score (nSPS) is 9.54. The molecule has 0 aromatic heterocycles. The highest BCUT2D eigenvalue weighted by Gasteiger charge is 2.09. The first-order valence-electron chi connectivity index (χ1n) is 3.68. The zero-order valence-electron chi connectivity index (χ0n) is 7.76. The molecule has 4 heteroatoms. The second-order valence-electron chi connectivity index (χ2n) is 2.34. The summed E-state index contributed by atoms with van der Waals surface area (Å²) < 4.78 is 15.1. The van der Waals surface area contributed by atoms with E-state index in [1.54, 1.807) is 33.5 Å². The van der Waals surface area contributed by atoms with Crippen LogP contribution >= 0.6 is 11.6 Å². The zero-order chi connectivity index (χ0) is 9.84. The predicted octanol–water partition coefficient (Wildman–Crippen LogP) is 2.37. The molecule has 3 nitrogen and oxygen atoms in total. The first-order chi connectivity index (χ1) is 6.22. The lowest BCUT2D eigenvalue weighted by Crippen LogP contribution is -1.92. The Labute approximate surface area is 82.2 Å². The van der Waals surface area contributed by atoms with Crippen molar-refractivity contribution in [2.75, 3.05) is 21.3 Å². The summed E-state index contributed by atoms with van der Waals surface area (Å²) in [6.45, 7) is 0. The molecule has 72 valence electrons. The summed E-state index contributed by atoms with van der Waals surface area (Å²) in [5.41, 5.74) is 0. The van der Waals surface area contributed by atoms with Gasteiger partial charge in [-0.2, -0.15) is 0 Å². The minimum atomic E-state index is 0.500. The molecule has 0 aliphatic rings. The molecule has 1 aromatic carbocycles. The van der Waals surface area contributed by atoms with Crippen molar-refractivity contribution in [1.82, 2.24) is 0 Å². The number of hydrogen-bond donors (Lipinski definition) is 0. The lowest BCUT2D eigenvalue weighted by molar-refractivity contribution is 0.349. The summed E-state index contributed by atoms with van der Waals surface area (Å²) >= 11 is 5.88. The van der Waals surface area contributed by atoms with E-state index < -0.39 is 0 Å². The van der Waals surface area contributed by atoms with Crippen LogP contribution in [0.25, 0.3) is 0 Å². The Morgan fingerprint density at radius 2 is 1.31 bits per heavy atom. The van der Waals surface area contributed by atoms with Gasteiger partial charge < -0.3 is 14.2 Å². The Bertz CT molecular complexity index is 299. The molecule has 0 N–H and O–H groups in total. The molecule has 0 saturated heterocycles. The van der Waals surface area contributed by atoms with Gasteiger partial charge in [-0.25, -0.2) is 0 Å². The van der Waals surface area contributed by atoms with Crippen LogP contribution < -0.4 is 14.2 Å². The van der Waals surface area contributed by atoms with Gasteiger partial charge in [-0.3, -0.25) is 0 Å². The van der Waals surface area contributed by atoms with Gasteiger partial charge in [-0.05, 0) is 0 Å². The molecule has 0 atom stereocenters. The highest BCUT2D eigenvalue weighted by atomic mass is 35.5. The van der Waals surface area contributed by atoms with Crippen molar-refractivity contribution in [2.24, 2.45) is 0 Å². The average molecular weight is 203 g/mol. The SMILES string of the molecule is COc1cc(OC)c(OC)cc1Cl. The Morgan fingerprint density at radius 1 is 0.846 bits per heavy atom. The van der Waals surface area contributed by atoms with Crippen molar-refractivity contribution < 1.29 is 14.2 Å². The summed E-state index contributed by atoms with van der Waals surface area (Å²) in [5.74, 6) is 1.76. The number of methoxy groups -OCH3 is 3. The van der Waals surface area contributed by atoms with Gasteiger partial charge in [0.1, 0.15) is 5.75 Å². The van der Waals surface area contributed by atoms with E-state index in [-0.39, 0.29) is 0 Å². The van der Waals surface area contributed by atoms with Crippen LogP contribution in [0.1, 0.15) is 0 Å². The maximum Gasteiger partial charge on any atom is 0.164 e. The molecule has 0 aliphatic heterocycles. The monoisotopic (exact) mass is 202 g/mol. The lowest BCUT2D eigenvalue weighted by atomic mass is 10.3. The van der Waals surface area contributed by atoms with Crippen LogP contribution in [0.2, 0.25) is 5.02 Å². The highest BCUT2D eigenvalue weighted by molar-refractivity contribution is 6.32. The Morgan fingerprint density at radius 3 is 1.77 bits per heavy atom. The quantitative estimate of drug-likeness (QED) is 0.753. The molecule has 0 heterocycles. The van der Waals surface area contributed by atoms with Crippen molar-refractivity contribution >= 4 is 11.6 Å². The van der Waals surface area contributed by atoms with Crippen LogP contribution in [-0.4, -0.2) is 21.3 Å². The molecular formula is C9H11ClO3. The van der Waals surface area contributed by atoms with E-state index in [4.69, 9.17) is 25.8 Å². The molecule has 13 heavy (non-hydrogen) atoms. The number of hydrogen-bond acceptors (Lipinski definition) is 3. The summed E-state index contributed by atoms with van der Waals surface area (Å²) in [7, 11) is 4.67. The molecule has 1 rings (SSSR count). The largest absolute Gasteiger partial charge is 0.495 e. The molecule has 0 fully saturated rings. The molecule has 0 saturated carbocycles. The lowest BCUT2D eigenvalue weighted by Gasteiger charge is -2.10. The predicted molar refractivity (Wildman–Crippen MR) is 51.1 cm³/mol. The van der Waals surface area contributed by atoms with Crippen molar-refractivity contribution in [1.29, 1.82) is 0 Å². The molecule has 0 amide bonds. The van der Waals surface area contributed by atoms with Gasteiger partial charge in [-0.15, -0.1) is 0 Å². The van der Waals surface area contributed by atoms with Gasteiger partial charge in [0.15, 0.2) is 11.5 Å². The fourth-order valence-electron chi connectivity index (χ4n) is 0.992. The second-order valence-corrected chi connectivity index (χ2v) is 2.75. The Kier molecular flexibility index (Phi) is 3.25. The van der Waals surface area contributed by atoms with Crippen molar-refractivity contribution in [2.45, 2.75) is 0 Å². The third-order valence-electron chi connectivity index (χ3n) is 1.66. The van der Waals surface area contributed by atoms with E-state index in [1.807, 2.05) is 0 Å². The van der Waals surface area contributed by atoms with Crippen LogP contribution in [0, 0.1) is 0 Å². The Balaban J connectivity index is 3.18. The molecule has 0 spiro atoms. The highest BCUT2D eigenvalue weighted by Crippen LogP contribution is 2.36. The van der Waals surface area contributed by atoms with Crippen LogP contribution in [0.3, 0.4) is 0 Å². The maximum absolute atomic E-state index is 5.88. The van der Waals surface area contributed by atoms with Crippen LogP contribution in [0.4, 0.5) is 0 Å². The number of halogens is 1. The van der Waals surface area contributed by atoms with Crippen LogP contribution in [0.5, 0.6) is 17.2 Å². The van der Waals surface area contributed by atoms with Crippen molar-refractivity contribution in [3.05, 3.63) is 17.2 Å². The van der Waals surface area contributed by atoms with Gasteiger partial charge in [0.25, 0.3) is 0 Å². The minimum Gasteiger partial charge on any atom is -0.495 e. The molecule has 0 radical (unpaired) electrons. The second kappa shape index (κ2) is 4.23. The minimum absolute atomic E-state index is 0.500. The van der Waals surface area contributed by atoms with Gasteiger partial charge in [0.2, 0.25) is 0 Å².